The summed E-state index contributed by atoms with van der Waals surface area (Å²) in [7, 11) is 0. The van der Waals surface area contributed by atoms with E-state index in [9.17, 15) is 9.59 Å². The van der Waals surface area contributed by atoms with Gasteiger partial charge in [-0.25, -0.2) is 0 Å². The number of nitrogens with one attached hydrogen (secondary N) is 1. The smallest absolute Gasteiger partial charge is 0.303 e. The number of amides is 1. The third kappa shape index (κ3) is 44.8. The Kier molecular flexibility index (Phi) is 41.9. The first kappa shape index (κ1) is 47.8. The molecule has 0 aromatic heterocycles. The van der Waals surface area contributed by atoms with Gasteiger partial charge in [0, 0.05) is 32.1 Å². The van der Waals surface area contributed by atoms with E-state index in [4.69, 9.17) is 68.8 Å². The molecule has 0 spiro atoms. The monoisotopic (exact) mass is 733 g/mol. The van der Waals surface area contributed by atoms with Crippen LogP contribution in [0.4, 0.5) is 0 Å². The number of hydrogen-bond donors (Lipinski definition) is 2. The minimum absolute atomic E-state index is 0.00991. The first-order valence-electron chi connectivity index (χ1n) is 17.6. The van der Waals surface area contributed by atoms with Crippen LogP contribution in [0.5, 0.6) is 0 Å². The van der Waals surface area contributed by atoms with Gasteiger partial charge < -0.3 is 62.5 Å². The van der Waals surface area contributed by atoms with Crippen LogP contribution in [0, 0.1) is 0 Å². The highest BCUT2D eigenvalue weighted by Gasteiger charge is 2.04. The molecule has 15 nitrogen and oxygen atoms in total. The predicted molar refractivity (Wildman–Crippen MR) is 183 cm³/mol. The topological polar surface area (TPSA) is 168 Å². The van der Waals surface area contributed by atoms with Crippen LogP contribution in [-0.4, -0.2) is 175 Å². The van der Waals surface area contributed by atoms with Crippen LogP contribution in [0.2, 0.25) is 0 Å². The number of carbonyl (C=O) groups is 2. The van der Waals surface area contributed by atoms with Crippen LogP contribution in [-0.2, 0) is 61.7 Å². The minimum atomic E-state index is -0.982. The number of unbranched alkanes of at least 4 members (excludes halogenated alkanes) is 3. The van der Waals surface area contributed by atoms with Gasteiger partial charge in [0.15, 0.2) is 0 Å². The van der Waals surface area contributed by atoms with Crippen molar-refractivity contribution in [3.05, 3.63) is 0 Å². The van der Waals surface area contributed by atoms with Gasteiger partial charge in [0.1, 0.15) is 0 Å². The van der Waals surface area contributed by atoms with Gasteiger partial charge in [0.2, 0.25) is 5.91 Å². The van der Waals surface area contributed by atoms with Gasteiger partial charge in [0.05, 0.1) is 139 Å². The van der Waals surface area contributed by atoms with E-state index in [2.05, 4.69) is 5.32 Å². The van der Waals surface area contributed by atoms with Crippen LogP contribution in [0.25, 0.3) is 0 Å². The fourth-order valence-corrected chi connectivity index (χ4v) is 3.85. The Balaban J connectivity index is 3.08. The van der Waals surface area contributed by atoms with Gasteiger partial charge in [-0.1, -0.05) is 12.8 Å². The van der Waals surface area contributed by atoms with E-state index in [1.54, 1.807) is 0 Å². The third-order valence-electron chi connectivity index (χ3n) is 6.25. The van der Waals surface area contributed by atoms with Gasteiger partial charge in [-0.2, -0.15) is 0 Å². The van der Waals surface area contributed by atoms with Crippen LogP contribution in [0.3, 0.4) is 0 Å². The summed E-state index contributed by atoms with van der Waals surface area (Å²) in [6, 6.07) is 0. The molecule has 0 radical (unpaired) electrons. The van der Waals surface area contributed by atoms with Gasteiger partial charge in [-0.3, -0.25) is 9.59 Å². The van der Waals surface area contributed by atoms with Crippen molar-refractivity contribution >= 4 is 23.5 Å². The van der Waals surface area contributed by atoms with E-state index in [1.165, 1.54) is 0 Å². The Bertz CT molecular complexity index is 683. The second-order valence-electron chi connectivity index (χ2n) is 10.4. The summed E-state index contributed by atoms with van der Waals surface area (Å²) in [5, 5.41) is 11.2. The van der Waals surface area contributed by atoms with Gasteiger partial charge in [0.25, 0.3) is 0 Å². The van der Waals surface area contributed by atoms with Crippen molar-refractivity contribution in [2.75, 3.05) is 158 Å². The lowest BCUT2D eigenvalue weighted by Crippen LogP contribution is -2.25. The summed E-state index contributed by atoms with van der Waals surface area (Å²) in [6.07, 6.45) is 4.95. The van der Waals surface area contributed by atoms with E-state index in [-0.39, 0.29) is 18.7 Å². The third-order valence-corrected chi connectivity index (χ3v) is 6.51. The molecule has 0 bridgehead atoms. The number of carboxylic acid groups (broad SMARTS) is 1. The number of carboxylic acids is 1. The zero-order valence-corrected chi connectivity index (χ0v) is 30.3. The normalized spacial score (nSPS) is 11.4. The van der Waals surface area contributed by atoms with E-state index in [0.717, 1.165) is 38.2 Å². The maximum absolute atomic E-state index is 11.4. The Labute approximate surface area is 298 Å². The molecule has 0 aromatic carbocycles. The molecule has 2 N–H and O–H groups in total. The van der Waals surface area contributed by atoms with Gasteiger partial charge >= 0.3 is 5.97 Å². The first-order valence-corrected chi connectivity index (χ1v) is 18.1. The van der Waals surface area contributed by atoms with Gasteiger partial charge in [-0.15, -0.1) is 11.6 Å². The van der Waals surface area contributed by atoms with Crippen LogP contribution < -0.4 is 5.32 Å². The highest BCUT2D eigenvalue weighted by atomic mass is 35.5. The fraction of sp³-hybridized carbons (Fsp3) is 0.939. The molecule has 0 aromatic rings. The molecule has 0 atom stereocenters. The molecule has 0 heterocycles. The summed E-state index contributed by atoms with van der Waals surface area (Å²) in [6.45, 7) is 11.8. The zero-order chi connectivity index (χ0) is 35.6. The van der Waals surface area contributed by atoms with Crippen LogP contribution in [0.15, 0.2) is 0 Å². The number of carbonyl (C=O) groups excluding carboxylic acids is 1. The van der Waals surface area contributed by atoms with E-state index >= 15 is 0 Å². The van der Waals surface area contributed by atoms with Crippen molar-refractivity contribution in [3.63, 3.8) is 0 Å². The second-order valence-corrected chi connectivity index (χ2v) is 10.8. The molecule has 16 heteroatoms. The number of rotatable bonds is 43. The summed E-state index contributed by atoms with van der Waals surface area (Å²) in [5.41, 5.74) is 0. The number of hydrogen-bond acceptors (Lipinski definition) is 13. The Morgan fingerprint density at radius 2 is 0.673 bits per heavy atom. The largest absolute Gasteiger partial charge is 0.481 e. The standard InChI is InChI=1S/C33H64ClNO14/c34-8-3-1-2-4-10-39-12-14-41-16-18-43-20-22-45-24-26-47-28-30-49-31-29-48-27-25-46-23-21-44-19-17-42-15-13-40-11-5-9-35-32(36)6-7-33(37)38/h1-31H2,(H,35,36)(H,37,38). The van der Waals surface area contributed by atoms with Crippen molar-refractivity contribution in [3.8, 4) is 0 Å². The average molecular weight is 734 g/mol. The van der Waals surface area contributed by atoms with E-state index < -0.39 is 5.97 Å². The molecule has 0 rings (SSSR count). The molecule has 292 valence electrons. The Morgan fingerprint density at radius 3 is 0.980 bits per heavy atom. The average Bonchev–Trinajstić information content (AvgIpc) is 3.10. The number of halogens is 1. The highest BCUT2D eigenvalue weighted by Crippen LogP contribution is 2.01. The maximum Gasteiger partial charge on any atom is 0.303 e. The Hall–Kier alpha value is -1.21. The summed E-state index contributed by atoms with van der Waals surface area (Å²) in [4.78, 5) is 21.8. The van der Waals surface area contributed by atoms with Crippen LogP contribution in [0.1, 0.15) is 44.9 Å². The lowest BCUT2D eigenvalue weighted by Gasteiger charge is -2.09. The number of ether oxygens (including phenoxy) is 11. The SMILES string of the molecule is O=C(O)CCC(=O)NCCCOCCOCCOCCOCCOCCOCCOCCOCCOCCOCCOCCCCCCCl. The van der Waals surface area contributed by atoms with Crippen molar-refractivity contribution in [2.45, 2.75) is 44.9 Å². The Morgan fingerprint density at radius 1 is 0.388 bits per heavy atom. The molecule has 0 aliphatic rings. The summed E-state index contributed by atoms with van der Waals surface area (Å²) < 4.78 is 60.1. The maximum atomic E-state index is 11.4. The summed E-state index contributed by atoms with van der Waals surface area (Å²) >= 11 is 5.65. The molecular weight excluding hydrogens is 670 g/mol. The van der Waals surface area contributed by atoms with Gasteiger partial charge in [-0.05, 0) is 19.3 Å². The van der Waals surface area contributed by atoms with E-state index in [1.807, 2.05) is 0 Å². The van der Waals surface area contributed by atoms with Crippen molar-refractivity contribution < 1.29 is 66.8 Å². The molecule has 0 saturated carbocycles. The minimum Gasteiger partial charge on any atom is -0.481 e. The predicted octanol–water partition coefficient (Wildman–Crippen LogP) is 2.34. The lowest BCUT2D eigenvalue weighted by atomic mass is 10.2. The van der Waals surface area contributed by atoms with E-state index in [0.29, 0.717) is 152 Å². The van der Waals surface area contributed by atoms with Crippen LogP contribution >= 0.6 is 11.6 Å². The molecular formula is C33H64ClNO14. The molecule has 0 fully saturated rings. The zero-order valence-electron chi connectivity index (χ0n) is 29.6. The second kappa shape index (κ2) is 43.0. The highest BCUT2D eigenvalue weighted by molar-refractivity contribution is 6.17. The lowest BCUT2D eigenvalue weighted by molar-refractivity contribution is -0.138. The first-order chi connectivity index (χ1) is 24.2. The number of alkyl halides is 1. The molecule has 1 amide bonds. The van der Waals surface area contributed by atoms with Crippen molar-refractivity contribution in [2.24, 2.45) is 0 Å². The molecule has 49 heavy (non-hydrogen) atoms. The molecule has 0 saturated heterocycles. The van der Waals surface area contributed by atoms with Crippen molar-refractivity contribution in [1.29, 1.82) is 0 Å². The molecule has 0 aliphatic carbocycles. The fourth-order valence-electron chi connectivity index (χ4n) is 3.66. The summed E-state index contributed by atoms with van der Waals surface area (Å²) in [5.74, 6) is -0.511. The molecule has 0 aliphatic heterocycles. The molecule has 0 unspecified atom stereocenters. The quantitative estimate of drug-likeness (QED) is 0.0692. The number of aliphatic carboxylic acids is 1. The van der Waals surface area contributed by atoms with Crippen molar-refractivity contribution in [1.82, 2.24) is 5.32 Å².